The Bertz CT molecular complexity index is 349. The Morgan fingerprint density at radius 2 is 2.06 bits per heavy atom. The molecule has 1 rings (SSSR count). The molecular weight excluding hydrogens is 222 g/mol. The average molecular weight is 239 g/mol. The molecule has 0 radical (unpaired) electrons. The maximum absolute atomic E-state index is 10.5. The van der Waals surface area contributed by atoms with Gasteiger partial charge in [-0.25, -0.2) is 4.79 Å². The summed E-state index contributed by atoms with van der Waals surface area (Å²) in [6, 6.07) is 2.89. The first-order valence-corrected chi connectivity index (χ1v) is 5.59. The van der Waals surface area contributed by atoms with Gasteiger partial charge < -0.3 is 14.7 Å². The minimum atomic E-state index is -1.09. The van der Waals surface area contributed by atoms with E-state index in [0.717, 1.165) is 19.6 Å². The zero-order chi connectivity index (χ0) is 12.7. The van der Waals surface area contributed by atoms with E-state index in [9.17, 15) is 4.79 Å². The predicted octanol–water partition coefficient (Wildman–Crippen LogP) is 0.895. The van der Waals surface area contributed by atoms with Gasteiger partial charge in [-0.15, -0.1) is 10.2 Å². The van der Waals surface area contributed by atoms with Crippen LogP contribution < -0.4 is 4.74 Å². The van der Waals surface area contributed by atoms with Gasteiger partial charge in [-0.05, 0) is 19.2 Å². The molecule has 17 heavy (non-hydrogen) atoms. The number of aromatic carboxylic acids is 1. The average Bonchev–Trinajstić information content (AvgIpc) is 2.35. The number of hydrogen-bond donors (Lipinski definition) is 1. The van der Waals surface area contributed by atoms with Crippen molar-refractivity contribution in [1.29, 1.82) is 0 Å². The van der Waals surface area contributed by atoms with Crippen LogP contribution in [0.2, 0.25) is 0 Å². The van der Waals surface area contributed by atoms with E-state index >= 15 is 0 Å². The molecule has 0 aliphatic rings. The summed E-state index contributed by atoms with van der Waals surface area (Å²) in [6.07, 6.45) is 0. The van der Waals surface area contributed by atoms with Crippen molar-refractivity contribution in [3.05, 3.63) is 17.8 Å². The Labute approximate surface area is 100 Å². The number of aromatic nitrogens is 2. The number of rotatable bonds is 7. The maximum atomic E-state index is 10.5. The Kier molecular flexibility index (Phi) is 5.35. The van der Waals surface area contributed by atoms with Gasteiger partial charge in [-0.1, -0.05) is 13.8 Å². The highest BCUT2D eigenvalue weighted by Gasteiger charge is 2.05. The molecular formula is C11H17N3O3. The van der Waals surface area contributed by atoms with Crippen LogP contribution in [0.5, 0.6) is 5.88 Å². The zero-order valence-electron chi connectivity index (χ0n) is 10.1. The van der Waals surface area contributed by atoms with Crippen molar-refractivity contribution < 1.29 is 14.6 Å². The standard InChI is InChI=1S/C11H17N3O3/c1-3-14(4-2)7-8-17-10-6-5-9(11(15)16)12-13-10/h5-6H,3-4,7-8H2,1-2H3,(H,15,16). The molecule has 0 fully saturated rings. The molecule has 0 aliphatic heterocycles. The summed E-state index contributed by atoms with van der Waals surface area (Å²) in [5.41, 5.74) is -0.0823. The second-order valence-electron chi connectivity index (χ2n) is 3.44. The Morgan fingerprint density at radius 3 is 2.53 bits per heavy atom. The lowest BCUT2D eigenvalue weighted by atomic mass is 10.4. The first-order chi connectivity index (χ1) is 8.17. The molecule has 0 aromatic carbocycles. The molecule has 0 amide bonds. The van der Waals surface area contributed by atoms with E-state index in [4.69, 9.17) is 9.84 Å². The third-order valence-electron chi connectivity index (χ3n) is 2.41. The van der Waals surface area contributed by atoms with Crippen LogP contribution in [-0.2, 0) is 0 Å². The molecule has 6 heteroatoms. The summed E-state index contributed by atoms with van der Waals surface area (Å²) in [5, 5.41) is 15.8. The minimum absolute atomic E-state index is 0.0823. The van der Waals surface area contributed by atoms with E-state index in [1.165, 1.54) is 12.1 Å². The van der Waals surface area contributed by atoms with Crippen LogP contribution in [0.3, 0.4) is 0 Å². The van der Waals surface area contributed by atoms with Crippen LogP contribution in [0.15, 0.2) is 12.1 Å². The van der Waals surface area contributed by atoms with Crippen molar-refractivity contribution in [1.82, 2.24) is 15.1 Å². The lowest BCUT2D eigenvalue weighted by Crippen LogP contribution is -2.28. The highest BCUT2D eigenvalue weighted by molar-refractivity contribution is 5.84. The Morgan fingerprint density at radius 1 is 1.35 bits per heavy atom. The van der Waals surface area contributed by atoms with Crippen LogP contribution >= 0.6 is 0 Å². The predicted molar refractivity (Wildman–Crippen MR) is 62.3 cm³/mol. The van der Waals surface area contributed by atoms with Gasteiger partial charge in [0.2, 0.25) is 5.88 Å². The number of carboxylic acid groups (broad SMARTS) is 1. The molecule has 0 atom stereocenters. The van der Waals surface area contributed by atoms with Crippen molar-refractivity contribution in [2.24, 2.45) is 0 Å². The largest absolute Gasteiger partial charge is 0.476 e. The van der Waals surface area contributed by atoms with Crippen molar-refractivity contribution in [3.63, 3.8) is 0 Å². The minimum Gasteiger partial charge on any atom is -0.476 e. The number of carbonyl (C=O) groups is 1. The number of hydrogen-bond acceptors (Lipinski definition) is 5. The lowest BCUT2D eigenvalue weighted by Gasteiger charge is -2.17. The number of carboxylic acids is 1. The fourth-order valence-electron chi connectivity index (χ4n) is 1.33. The number of nitrogens with zero attached hydrogens (tertiary/aromatic N) is 3. The van der Waals surface area contributed by atoms with Gasteiger partial charge in [0, 0.05) is 12.6 Å². The van der Waals surface area contributed by atoms with Gasteiger partial charge in [0.05, 0.1) is 0 Å². The van der Waals surface area contributed by atoms with Crippen molar-refractivity contribution in [2.45, 2.75) is 13.8 Å². The molecule has 0 aliphatic carbocycles. The zero-order valence-corrected chi connectivity index (χ0v) is 10.1. The third kappa shape index (κ3) is 4.36. The van der Waals surface area contributed by atoms with E-state index in [2.05, 4.69) is 28.9 Å². The molecule has 6 nitrogen and oxygen atoms in total. The van der Waals surface area contributed by atoms with Gasteiger partial charge >= 0.3 is 5.97 Å². The first-order valence-electron chi connectivity index (χ1n) is 5.59. The van der Waals surface area contributed by atoms with Gasteiger partial charge in [0.1, 0.15) is 6.61 Å². The summed E-state index contributed by atoms with van der Waals surface area (Å²) >= 11 is 0. The van der Waals surface area contributed by atoms with Gasteiger partial charge in [-0.2, -0.15) is 0 Å². The third-order valence-corrected chi connectivity index (χ3v) is 2.41. The highest BCUT2D eigenvalue weighted by Crippen LogP contribution is 2.04. The first kappa shape index (κ1) is 13.4. The summed E-state index contributed by atoms with van der Waals surface area (Å²) < 4.78 is 5.37. The van der Waals surface area contributed by atoms with E-state index in [-0.39, 0.29) is 5.69 Å². The highest BCUT2D eigenvalue weighted by atomic mass is 16.5. The summed E-state index contributed by atoms with van der Waals surface area (Å²) in [6.45, 7) is 7.46. The second-order valence-corrected chi connectivity index (χ2v) is 3.44. The van der Waals surface area contributed by atoms with Crippen LogP contribution in [-0.4, -0.2) is 52.4 Å². The number of ether oxygens (including phenoxy) is 1. The fourth-order valence-corrected chi connectivity index (χ4v) is 1.33. The summed E-state index contributed by atoms with van der Waals surface area (Å²) in [5.74, 6) is -0.741. The topological polar surface area (TPSA) is 75.5 Å². The molecule has 0 saturated heterocycles. The summed E-state index contributed by atoms with van der Waals surface area (Å²) in [4.78, 5) is 12.8. The van der Waals surface area contributed by atoms with Crippen molar-refractivity contribution in [3.8, 4) is 5.88 Å². The monoisotopic (exact) mass is 239 g/mol. The molecule has 1 heterocycles. The van der Waals surface area contributed by atoms with Crippen molar-refractivity contribution in [2.75, 3.05) is 26.2 Å². The van der Waals surface area contributed by atoms with Crippen LogP contribution in [0.4, 0.5) is 0 Å². The van der Waals surface area contributed by atoms with Crippen molar-refractivity contribution >= 4 is 5.97 Å². The SMILES string of the molecule is CCN(CC)CCOc1ccc(C(=O)O)nn1. The van der Waals surface area contributed by atoms with Gasteiger partial charge in [-0.3, -0.25) is 0 Å². The molecule has 0 saturated carbocycles. The van der Waals surface area contributed by atoms with E-state index in [1.54, 1.807) is 0 Å². The van der Waals surface area contributed by atoms with E-state index in [0.29, 0.717) is 12.5 Å². The molecule has 0 unspecified atom stereocenters. The Hall–Kier alpha value is -1.69. The van der Waals surface area contributed by atoms with Crippen LogP contribution in [0.1, 0.15) is 24.3 Å². The lowest BCUT2D eigenvalue weighted by molar-refractivity contribution is 0.0689. The van der Waals surface area contributed by atoms with Gasteiger partial charge in [0.15, 0.2) is 5.69 Å². The molecule has 1 N–H and O–H groups in total. The number of likely N-dealkylation sites (N-methyl/N-ethyl adjacent to an activating group) is 1. The normalized spacial score (nSPS) is 10.5. The van der Waals surface area contributed by atoms with Crippen LogP contribution in [0.25, 0.3) is 0 Å². The van der Waals surface area contributed by atoms with Gasteiger partial charge in [0.25, 0.3) is 0 Å². The smallest absolute Gasteiger partial charge is 0.356 e. The molecule has 94 valence electrons. The van der Waals surface area contributed by atoms with Crippen LogP contribution in [0, 0.1) is 0 Å². The summed E-state index contributed by atoms with van der Waals surface area (Å²) in [7, 11) is 0. The molecule has 0 bridgehead atoms. The molecule has 0 spiro atoms. The fraction of sp³-hybridized carbons (Fsp3) is 0.545. The van der Waals surface area contributed by atoms with E-state index in [1.807, 2.05) is 0 Å². The Balaban J connectivity index is 2.39. The maximum Gasteiger partial charge on any atom is 0.356 e. The molecule has 1 aromatic rings. The second kappa shape index (κ2) is 6.80. The molecule has 1 aromatic heterocycles. The quantitative estimate of drug-likeness (QED) is 0.761. The van der Waals surface area contributed by atoms with E-state index < -0.39 is 5.97 Å².